The van der Waals surface area contributed by atoms with Crippen molar-refractivity contribution in [3.05, 3.63) is 47.5 Å². The van der Waals surface area contributed by atoms with Crippen molar-refractivity contribution in [2.75, 3.05) is 6.54 Å². The van der Waals surface area contributed by atoms with Gasteiger partial charge in [-0.05, 0) is 29.8 Å². The van der Waals surface area contributed by atoms with Gasteiger partial charge < -0.3 is 0 Å². The molecule has 0 radical (unpaired) electrons. The monoisotopic (exact) mass is 253 g/mol. The smallest absolute Gasteiger partial charge is 0.283 e. The maximum Gasteiger partial charge on any atom is 0.301 e. The lowest BCUT2D eigenvalue weighted by Gasteiger charge is -2.24. The molecule has 0 saturated carbocycles. The quantitative estimate of drug-likeness (QED) is 0.577. The second kappa shape index (κ2) is 4.02. The number of hydrogen-bond acceptors (Lipinski definition) is 3. The second-order valence-corrected chi connectivity index (χ2v) is 4.43. The lowest BCUT2D eigenvalue weighted by atomic mass is 9.93. The van der Waals surface area contributed by atoms with Gasteiger partial charge in [0, 0.05) is 12.1 Å². The van der Waals surface area contributed by atoms with Crippen LogP contribution in [0, 0.1) is 0 Å². The molecule has 3 rings (SSSR count). The first-order chi connectivity index (χ1) is 9.13. The number of imide groups is 1. The van der Waals surface area contributed by atoms with Crippen LogP contribution in [0.25, 0.3) is 10.8 Å². The van der Waals surface area contributed by atoms with Crippen molar-refractivity contribution >= 4 is 28.4 Å². The highest BCUT2D eigenvalue weighted by atomic mass is 16.2. The Labute approximate surface area is 109 Å². The summed E-state index contributed by atoms with van der Waals surface area (Å²) < 4.78 is 0. The minimum atomic E-state index is -0.740. The second-order valence-electron chi connectivity index (χ2n) is 4.43. The normalized spacial score (nSPS) is 15.0. The summed E-state index contributed by atoms with van der Waals surface area (Å²) in [5, 5.41) is 1.73. The minimum absolute atomic E-state index is 0.204. The Morgan fingerprint density at radius 3 is 2.05 bits per heavy atom. The third-order valence-electron chi connectivity index (χ3n) is 3.36. The average Bonchev–Trinajstić information content (AvgIpc) is 2.44. The van der Waals surface area contributed by atoms with Gasteiger partial charge in [-0.15, -0.1) is 0 Å². The van der Waals surface area contributed by atoms with Gasteiger partial charge in [0.1, 0.15) is 0 Å². The summed E-state index contributed by atoms with van der Waals surface area (Å²) in [5.41, 5.74) is 0.517. The number of nitrogens with zero attached hydrogens (tertiary/aromatic N) is 1. The number of hydrogen-bond donors (Lipinski definition) is 0. The molecule has 0 saturated heterocycles. The van der Waals surface area contributed by atoms with Crippen LogP contribution < -0.4 is 0 Å². The van der Waals surface area contributed by atoms with Crippen molar-refractivity contribution < 1.29 is 14.4 Å². The summed E-state index contributed by atoms with van der Waals surface area (Å²) in [6.45, 7) is 1.88. The molecule has 2 amide bonds. The highest BCUT2D eigenvalue weighted by molar-refractivity contribution is 6.49. The standard InChI is InChI=1S/C15H11NO3/c1-2-16-14(18)12-8-10-6-4-3-5-9(10)7-11(12)13(17)15(16)19/h3-8H,2H2,1H3. The summed E-state index contributed by atoms with van der Waals surface area (Å²) in [7, 11) is 0. The maximum atomic E-state index is 12.2. The number of likely N-dealkylation sites (N-methyl/N-ethyl adjacent to an activating group) is 1. The number of fused-ring (bicyclic) bond motifs is 2. The van der Waals surface area contributed by atoms with E-state index in [2.05, 4.69) is 0 Å². The largest absolute Gasteiger partial charge is 0.301 e. The number of Topliss-reactive ketones (excluding diaryl/α,β-unsaturated/α-hetero) is 1. The van der Waals surface area contributed by atoms with E-state index >= 15 is 0 Å². The van der Waals surface area contributed by atoms with Crippen LogP contribution in [-0.2, 0) is 4.79 Å². The number of rotatable bonds is 1. The number of benzene rings is 2. The number of carbonyl (C=O) groups is 3. The van der Waals surface area contributed by atoms with Gasteiger partial charge in [-0.25, -0.2) is 0 Å². The van der Waals surface area contributed by atoms with Crippen molar-refractivity contribution in [3.63, 3.8) is 0 Å². The molecule has 4 nitrogen and oxygen atoms in total. The summed E-state index contributed by atoms with van der Waals surface area (Å²) in [4.78, 5) is 37.0. The zero-order valence-electron chi connectivity index (χ0n) is 10.3. The lowest BCUT2D eigenvalue weighted by Crippen LogP contribution is -2.45. The fourth-order valence-electron chi connectivity index (χ4n) is 2.37. The van der Waals surface area contributed by atoms with Crippen LogP contribution in [0.4, 0.5) is 0 Å². The van der Waals surface area contributed by atoms with Gasteiger partial charge in [0.25, 0.3) is 11.7 Å². The van der Waals surface area contributed by atoms with Crippen molar-refractivity contribution in [3.8, 4) is 0 Å². The van der Waals surface area contributed by atoms with E-state index in [1.54, 1.807) is 19.1 Å². The molecule has 0 aliphatic carbocycles. The molecule has 0 bridgehead atoms. The first-order valence-corrected chi connectivity index (χ1v) is 6.06. The van der Waals surface area contributed by atoms with Crippen LogP contribution in [0.3, 0.4) is 0 Å². The molecule has 2 aromatic rings. The van der Waals surface area contributed by atoms with E-state index in [4.69, 9.17) is 0 Å². The SMILES string of the molecule is CCN1C(=O)C(=O)c2cc3ccccc3cc2C1=O. The van der Waals surface area contributed by atoms with Crippen LogP contribution in [0.15, 0.2) is 36.4 Å². The minimum Gasteiger partial charge on any atom is -0.283 e. The molecule has 1 aliphatic heterocycles. The predicted molar refractivity (Wildman–Crippen MR) is 70.0 cm³/mol. The number of amides is 2. The molecule has 0 spiro atoms. The van der Waals surface area contributed by atoms with E-state index in [-0.39, 0.29) is 12.1 Å². The van der Waals surface area contributed by atoms with Gasteiger partial charge in [0.15, 0.2) is 0 Å². The number of ketones is 1. The Hall–Kier alpha value is -2.49. The molecule has 4 heteroatoms. The maximum absolute atomic E-state index is 12.2. The molecule has 19 heavy (non-hydrogen) atoms. The molecule has 0 aromatic heterocycles. The molecule has 2 aromatic carbocycles. The molecule has 0 atom stereocenters. The highest BCUT2D eigenvalue weighted by Crippen LogP contribution is 2.25. The third-order valence-corrected chi connectivity index (χ3v) is 3.36. The van der Waals surface area contributed by atoms with Gasteiger partial charge in [0.2, 0.25) is 0 Å². The van der Waals surface area contributed by atoms with E-state index in [1.807, 2.05) is 24.3 Å². The van der Waals surface area contributed by atoms with Crippen molar-refractivity contribution in [1.82, 2.24) is 4.90 Å². The first-order valence-electron chi connectivity index (χ1n) is 6.06. The molecule has 1 aliphatic rings. The lowest BCUT2D eigenvalue weighted by molar-refractivity contribution is -0.124. The summed E-state index contributed by atoms with van der Waals surface area (Å²) in [6, 6.07) is 10.7. The molecule has 0 N–H and O–H groups in total. The molecular weight excluding hydrogens is 242 g/mol. The van der Waals surface area contributed by atoms with Crippen molar-refractivity contribution in [2.45, 2.75) is 6.92 Å². The molecule has 1 heterocycles. The van der Waals surface area contributed by atoms with Crippen LogP contribution in [0.2, 0.25) is 0 Å². The fourth-order valence-corrected chi connectivity index (χ4v) is 2.37. The molecule has 94 valence electrons. The zero-order chi connectivity index (χ0) is 13.6. The van der Waals surface area contributed by atoms with Gasteiger partial charge in [-0.3, -0.25) is 19.3 Å². The molecule has 0 fully saturated rings. The zero-order valence-corrected chi connectivity index (χ0v) is 10.3. The van der Waals surface area contributed by atoms with Gasteiger partial charge >= 0.3 is 5.91 Å². The van der Waals surface area contributed by atoms with Crippen LogP contribution >= 0.6 is 0 Å². The van der Waals surface area contributed by atoms with Crippen molar-refractivity contribution in [1.29, 1.82) is 0 Å². The molecule has 0 unspecified atom stereocenters. The van der Waals surface area contributed by atoms with Gasteiger partial charge in [-0.1, -0.05) is 24.3 Å². The topological polar surface area (TPSA) is 54.5 Å². The predicted octanol–water partition coefficient (Wildman–Crippen LogP) is 2.02. The Morgan fingerprint density at radius 2 is 1.47 bits per heavy atom. The molecular formula is C15H11NO3. The first kappa shape index (κ1) is 11.6. The number of carbonyl (C=O) groups excluding carboxylic acids is 3. The van der Waals surface area contributed by atoms with E-state index in [1.165, 1.54) is 0 Å². The third kappa shape index (κ3) is 1.57. The van der Waals surface area contributed by atoms with E-state index < -0.39 is 17.6 Å². The van der Waals surface area contributed by atoms with Crippen LogP contribution in [0.1, 0.15) is 27.6 Å². The van der Waals surface area contributed by atoms with Gasteiger partial charge in [0.05, 0.1) is 5.56 Å². The summed E-state index contributed by atoms with van der Waals surface area (Å²) in [6.07, 6.45) is 0. The van der Waals surface area contributed by atoms with E-state index in [0.29, 0.717) is 5.56 Å². The van der Waals surface area contributed by atoms with E-state index in [9.17, 15) is 14.4 Å². The van der Waals surface area contributed by atoms with E-state index in [0.717, 1.165) is 15.7 Å². The average molecular weight is 253 g/mol. The van der Waals surface area contributed by atoms with Crippen molar-refractivity contribution in [2.24, 2.45) is 0 Å². The van der Waals surface area contributed by atoms with Crippen LogP contribution in [0.5, 0.6) is 0 Å². The summed E-state index contributed by atoms with van der Waals surface area (Å²) in [5.74, 6) is -1.75. The van der Waals surface area contributed by atoms with Crippen LogP contribution in [-0.4, -0.2) is 29.0 Å². The Balaban J connectivity index is 2.31. The Bertz CT molecular complexity index is 733. The Morgan fingerprint density at radius 1 is 0.895 bits per heavy atom. The highest BCUT2D eigenvalue weighted by Gasteiger charge is 2.36. The summed E-state index contributed by atoms with van der Waals surface area (Å²) >= 11 is 0. The van der Waals surface area contributed by atoms with Gasteiger partial charge in [-0.2, -0.15) is 0 Å². The fraction of sp³-hybridized carbons (Fsp3) is 0.133. The Kier molecular flexibility index (Phi) is 2.45.